The number of anilines is 1. The first-order chi connectivity index (χ1) is 12.7. The molecule has 0 bridgehead atoms. The van der Waals surface area contributed by atoms with Gasteiger partial charge in [-0.2, -0.15) is 0 Å². The van der Waals surface area contributed by atoms with E-state index in [4.69, 9.17) is 14.2 Å². The maximum Gasteiger partial charge on any atom is 0.247 e. The molecule has 3 heterocycles. The highest BCUT2D eigenvalue weighted by Crippen LogP contribution is 2.47. The molecule has 8 heteroatoms. The van der Waals surface area contributed by atoms with Crippen molar-refractivity contribution >= 4 is 22.4 Å². The number of hydrogen-bond donors (Lipinski definition) is 0. The van der Waals surface area contributed by atoms with Crippen molar-refractivity contribution in [2.24, 2.45) is 0 Å². The Balaban J connectivity index is 1.85. The van der Waals surface area contributed by atoms with Crippen molar-refractivity contribution < 1.29 is 19.0 Å². The molecule has 2 fully saturated rings. The molecule has 7 nitrogen and oxygen atoms in total. The number of rotatable bonds is 5. The lowest BCUT2D eigenvalue weighted by atomic mass is 10.1. The summed E-state index contributed by atoms with van der Waals surface area (Å²) < 4.78 is 16.4. The van der Waals surface area contributed by atoms with Gasteiger partial charge in [0.15, 0.2) is 16.6 Å². The van der Waals surface area contributed by atoms with Crippen LogP contribution in [-0.2, 0) is 4.79 Å². The molecule has 0 spiro atoms. The van der Waals surface area contributed by atoms with E-state index in [1.165, 1.54) is 11.3 Å². The second-order valence-electron chi connectivity index (χ2n) is 6.25. The fourth-order valence-electron chi connectivity index (χ4n) is 3.90. The van der Waals surface area contributed by atoms with Crippen LogP contribution in [0.4, 0.5) is 5.13 Å². The molecule has 0 N–H and O–H groups in total. The van der Waals surface area contributed by atoms with Crippen LogP contribution in [0.15, 0.2) is 23.7 Å². The highest BCUT2D eigenvalue weighted by molar-refractivity contribution is 7.13. The molecule has 1 aromatic heterocycles. The highest BCUT2D eigenvalue weighted by atomic mass is 32.1. The Kier molecular flexibility index (Phi) is 4.46. The lowest BCUT2D eigenvalue weighted by molar-refractivity contribution is -0.119. The first-order valence-corrected chi connectivity index (χ1v) is 9.35. The summed E-state index contributed by atoms with van der Waals surface area (Å²) in [6.07, 6.45) is 3.39. The molecule has 0 saturated carbocycles. The maximum absolute atomic E-state index is 13.1. The molecule has 0 unspecified atom stereocenters. The number of amides is 1. The molecule has 0 aliphatic carbocycles. The standard InChI is InChI=1S/C18H21N3O4S/c1-23-13-9-11(10-14(24-2)15(13)25-3)16-20-7-4-5-12(20)17(22)21(16)18-19-6-8-26-18/h6,8-10,12,16H,4-5,7H2,1-3H3/t12-,16+/m0/s1. The minimum Gasteiger partial charge on any atom is -0.493 e. The second kappa shape index (κ2) is 6.77. The second-order valence-corrected chi connectivity index (χ2v) is 7.12. The summed E-state index contributed by atoms with van der Waals surface area (Å²) in [6, 6.07) is 3.74. The van der Waals surface area contributed by atoms with Crippen LogP contribution in [0, 0.1) is 0 Å². The van der Waals surface area contributed by atoms with Gasteiger partial charge in [-0.15, -0.1) is 11.3 Å². The van der Waals surface area contributed by atoms with Gasteiger partial charge in [-0.25, -0.2) is 4.98 Å². The molecule has 26 heavy (non-hydrogen) atoms. The van der Waals surface area contributed by atoms with E-state index in [1.807, 2.05) is 17.5 Å². The number of ether oxygens (including phenoxy) is 3. The van der Waals surface area contributed by atoms with Crippen LogP contribution >= 0.6 is 11.3 Å². The average Bonchev–Trinajstić information content (AvgIpc) is 3.39. The number of benzene rings is 1. The van der Waals surface area contributed by atoms with E-state index in [0.717, 1.165) is 24.9 Å². The SMILES string of the molecule is COc1cc([C@H]2N(c3nccs3)C(=O)[C@@H]3CCCN32)cc(OC)c1OC. The van der Waals surface area contributed by atoms with E-state index in [1.54, 1.807) is 32.4 Å². The Labute approximate surface area is 156 Å². The Bertz CT molecular complexity index is 786. The van der Waals surface area contributed by atoms with Crippen LogP contribution in [0.1, 0.15) is 24.6 Å². The Hall–Kier alpha value is -2.32. The Morgan fingerprint density at radius 1 is 1.15 bits per heavy atom. The third kappa shape index (κ3) is 2.52. The van der Waals surface area contributed by atoms with Crippen LogP contribution in [-0.4, -0.2) is 49.7 Å². The van der Waals surface area contributed by atoms with Gasteiger partial charge in [-0.3, -0.25) is 14.6 Å². The molecular formula is C18H21N3O4S. The Morgan fingerprint density at radius 3 is 2.46 bits per heavy atom. The molecule has 0 radical (unpaired) electrons. The first-order valence-electron chi connectivity index (χ1n) is 8.47. The fourth-order valence-corrected chi connectivity index (χ4v) is 4.57. The number of hydrogen-bond acceptors (Lipinski definition) is 7. The van der Waals surface area contributed by atoms with Gasteiger partial charge in [0.1, 0.15) is 6.17 Å². The first kappa shape index (κ1) is 17.1. The number of aromatic nitrogens is 1. The molecule has 1 amide bonds. The molecule has 138 valence electrons. The monoisotopic (exact) mass is 375 g/mol. The topological polar surface area (TPSA) is 64.1 Å². The minimum atomic E-state index is -0.227. The van der Waals surface area contributed by atoms with Crippen LogP contribution in [0.5, 0.6) is 17.2 Å². The molecule has 2 atom stereocenters. The van der Waals surface area contributed by atoms with Gasteiger partial charge in [-0.1, -0.05) is 0 Å². The van der Waals surface area contributed by atoms with Gasteiger partial charge in [0.25, 0.3) is 0 Å². The molecule has 4 rings (SSSR count). The molecular weight excluding hydrogens is 354 g/mol. The van der Waals surface area contributed by atoms with E-state index in [-0.39, 0.29) is 18.1 Å². The lowest BCUT2D eigenvalue weighted by Gasteiger charge is -2.29. The van der Waals surface area contributed by atoms with Crippen LogP contribution < -0.4 is 19.1 Å². The van der Waals surface area contributed by atoms with Crippen molar-refractivity contribution in [1.29, 1.82) is 0 Å². The number of fused-ring (bicyclic) bond motifs is 1. The van der Waals surface area contributed by atoms with Gasteiger partial charge in [0, 0.05) is 18.1 Å². The minimum absolute atomic E-state index is 0.0945. The normalized spacial score (nSPS) is 22.6. The lowest BCUT2D eigenvalue weighted by Crippen LogP contribution is -2.32. The molecule has 2 aromatic rings. The third-order valence-electron chi connectivity index (χ3n) is 4.99. The molecule has 1 aromatic carbocycles. The van der Waals surface area contributed by atoms with Gasteiger partial charge in [0.05, 0.1) is 27.4 Å². The van der Waals surface area contributed by atoms with Crippen molar-refractivity contribution in [1.82, 2.24) is 9.88 Å². The van der Waals surface area contributed by atoms with Gasteiger partial charge >= 0.3 is 0 Å². The predicted octanol–water partition coefficient (Wildman–Crippen LogP) is 2.68. The van der Waals surface area contributed by atoms with E-state index >= 15 is 0 Å². The van der Waals surface area contributed by atoms with Crippen molar-refractivity contribution in [3.05, 3.63) is 29.3 Å². The molecule has 2 aliphatic heterocycles. The number of nitrogens with zero attached hydrogens (tertiary/aromatic N) is 3. The third-order valence-corrected chi connectivity index (χ3v) is 5.76. The van der Waals surface area contributed by atoms with E-state index in [2.05, 4.69) is 9.88 Å². The Morgan fingerprint density at radius 2 is 1.88 bits per heavy atom. The fraction of sp³-hybridized carbons (Fsp3) is 0.444. The number of methoxy groups -OCH3 is 3. The largest absolute Gasteiger partial charge is 0.493 e. The van der Waals surface area contributed by atoms with E-state index < -0.39 is 0 Å². The van der Waals surface area contributed by atoms with Crippen molar-refractivity contribution in [3.63, 3.8) is 0 Å². The van der Waals surface area contributed by atoms with Crippen LogP contribution in [0.3, 0.4) is 0 Å². The quantitative estimate of drug-likeness (QED) is 0.801. The number of carbonyl (C=O) groups is 1. The summed E-state index contributed by atoms with van der Waals surface area (Å²) in [6.45, 7) is 0.875. The maximum atomic E-state index is 13.1. The summed E-state index contributed by atoms with van der Waals surface area (Å²) in [5.74, 6) is 1.81. The van der Waals surface area contributed by atoms with Crippen molar-refractivity contribution in [2.45, 2.75) is 25.0 Å². The van der Waals surface area contributed by atoms with Crippen molar-refractivity contribution in [3.8, 4) is 17.2 Å². The zero-order valence-corrected chi connectivity index (χ0v) is 15.8. The molecule has 2 saturated heterocycles. The summed E-state index contributed by atoms with van der Waals surface area (Å²) >= 11 is 1.47. The van der Waals surface area contributed by atoms with E-state index in [9.17, 15) is 4.79 Å². The van der Waals surface area contributed by atoms with E-state index in [0.29, 0.717) is 22.4 Å². The van der Waals surface area contributed by atoms with Gasteiger partial charge in [0.2, 0.25) is 11.7 Å². The predicted molar refractivity (Wildman–Crippen MR) is 98.2 cm³/mol. The van der Waals surface area contributed by atoms with Crippen LogP contribution in [0.25, 0.3) is 0 Å². The summed E-state index contributed by atoms with van der Waals surface area (Å²) in [4.78, 5) is 21.5. The zero-order valence-electron chi connectivity index (χ0n) is 15.0. The summed E-state index contributed by atoms with van der Waals surface area (Å²) in [7, 11) is 4.77. The zero-order chi connectivity index (χ0) is 18.3. The van der Waals surface area contributed by atoms with Crippen LogP contribution in [0.2, 0.25) is 0 Å². The number of thiazole rings is 1. The van der Waals surface area contributed by atoms with Crippen molar-refractivity contribution in [2.75, 3.05) is 32.8 Å². The van der Waals surface area contributed by atoms with Gasteiger partial charge < -0.3 is 14.2 Å². The molecule has 2 aliphatic rings. The van der Waals surface area contributed by atoms with Gasteiger partial charge in [-0.05, 0) is 30.5 Å². The summed E-state index contributed by atoms with van der Waals surface area (Å²) in [5.41, 5.74) is 0.924. The summed E-state index contributed by atoms with van der Waals surface area (Å²) in [5, 5.41) is 2.60. The highest BCUT2D eigenvalue weighted by Gasteiger charge is 2.50. The number of carbonyl (C=O) groups excluding carboxylic acids is 1. The smallest absolute Gasteiger partial charge is 0.247 e. The average molecular weight is 375 g/mol.